The van der Waals surface area contributed by atoms with E-state index >= 15 is 0 Å². The minimum atomic E-state index is -4.39. The minimum Gasteiger partial charge on any atom is -0.294 e. The Hall–Kier alpha value is -2.98. The molecule has 0 radical (unpaired) electrons. The third kappa shape index (κ3) is 3.37. The van der Waals surface area contributed by atoms with E-state index in [4.69, 9.17) is 0 Å². The van der Waals surface area contributed by atoms with Crippen molar-refractivity contribution in [1.29, 1.82) is 0 Å². The van der Waals surface area contributed by atoms with Gasteiger partial charge in [0, 0.05) is 23.7 Å². The molecule has 8 nitrogen and oxygen atoms in total. The Morgan fingerprint density at radius 2 is 2.04 bits per heavy atom. The van der Waals surface area contributed by atoms with Gasteiger partial charge in [-0.2, -0.15) is 18.3 Å². The van der Waals surface area contributed by atoms with E-state index in [0.29, 0.717) is 22.6 Å². The molecule has 0 saturated carbocycles. The number of aromatic nitrogens is 6. The van der Waals surface area contributed by atoms with Crippen molar-refractivity contribution < 1.29 is 18.0 Å². The maximum absolute atomic E-state index is 12.7. The van der Waals surface area contributed by atoms with Crippen LogP contribution in [0.2, 0.25) is 0 Å². The van der Waals surface area contributed by atoms with Gasteiger partial charge in [0.2, 0.25) is 11.9 Å². The highest BCUT2D eigenvalue weighted by Crippen LogP contribution is 2.27. The van der Waals surface area contributed by atoms with E-state index in [-0.39, 0.29) is 5.95 Å². The molecule has 1 amide bonds. The smallest absolute Gasteiger partial charge is 0.294 e. The summed E-state index contributed by atoms with van der Waals surface area (Å²) in [6, 6.07) is 0. The van der Waals surface area contributed by atoms with Crippen LogP contribution in [0.3, 0.4) is 0 Å². The van der Waals surface area contributed by atoms with Gasteiger partial charge in [-0.1, -0.05) is 0 Å². The van der Waals surface area contributed by atoms with Crippen molar-refractivity contribution >= 4 is 17.5 Å². The highest BCUT2D eigenvalue weighted by Gasteiger charge is 2.31. The van der Waals surface area contributed by atoms with E-state index in [9.17, 15) is 18.0 Å². The number of rotatable bonds is 4. The number of nitrogens with one attached hydrogen (secondary N) is 1. The molecule has 26 heavy (non-hydrogen) atoms. The maximum atomic E-state index is 12.7. The summed E-state index contributed by atoms with van der Waals surface area (Å²) < 4.78 is 40.4. The van der Waals surface area contributed by atoms with Crippen LogP contribution in [0.1, 0.15) is 29.8 Å². The molecule has 0 aliphatic heterocycles. The summed E-state index contributed by atoms with van der Waals surface area (Å²) in [5, 5.41) is 14.3. The number of carbonyl (C=O) groups is 1. The average molecular weight is 367 g/mol. The molecule has 0 spiro atoms. The predicted molar refractivity (Wildman–Crippen MR) is 85.6 cm³/mol. The number of hydrogen-bond acceptors (Lipinski definition) is 5. The standard InChI is InChI=1S/C15H16F3N7O/c1-8(12-9(2)23-25(10(12)3)7-15(16,17)18)13(26)20-14-22-21-11-6-19-4-5-24(11)14/h4-6,8H,7H2,1-3H3,(H,20,22,26). The number of anilines is 1. The molecular formula is C15H16F3N7O. The first-order valence-electron chi connectivity index (χ1n) is 7.73. The molecular weight excluding hydrogens is 351 g/mol. The number of amides is 1. The second kappa shape index (κ2) is 6.39. The van der Waals surface area contributed by atoms with Crippen LogP contribution in [-0.2, 0) is 11.3 Å². The zero-order valence-electron chi connectivity index (χ0n) is 14.2. The molecule has 0 fully saturated rings. The fourth-order valence-electron chi connectivity index (χ4n) is 2.85. The monoisotopic (exact) mass is 367 g/mol. The van der Waals surface area contributed by atoms with E-state index in [1.165, 1.54) is 19.3 Å². The summed E-state index contributed by atoms with van der Waals surface area (Å²) in [6.07, 6.45) is 0.209. The zero-order valence-corrected chi connectivity index (χ0v) is 14.2. The Morgan fingerprint density at radius 1 is 1.31 bits per heavy atom. The largest absolute Gasteiger partial charge is 0.408 e. The van der Waals surface area contributed by atoms with Crippen LogP contribution in [0, 0.1) is 13.8 Å². The van der Waals surface area contributed by atoms with Crippen LogP contribution in [0.15, 0.2) is 18.6 Å². The van der Waals surface area contributed by atoms with Crippen molar-refractivity contribution in [3.63, 3.8) is 0 Å². The molecule has 3 rings (SSSR count). The SMILES string of the molecule is Cc1nn(CC(F)(F)F)c(C)c1C(C)C(=O)Nc1nnc2cnccn12. The lowest BCUT2D eigenvalue weighted by atomic mass is 9.98. The third-order valence-electron chi connectivity index (χ3n) is 4.04. The van der Waals surface area contributed by atoms with Crippen LogP contribution in [0.25, 0.3) is 5.65 Å². The third-order valence-corrected chi connectivity index (χ3v) is 4.04. The fourth-order valence-corrected chi connectivity index (χ4v) is 2.85. The number of nitrogens with zero attached hydrogens (tertiary/aromatic N) is 6. The molecule has 3 heterocycles. The highest BCUT2D eigenvalue weighted by atomic mass is 19.4. The molecule has 1 atom stereocenters. The molecule has 11 heteroatoms. The minimum absolute atomic E-state index is 0.206. The Labute approximate surface area is 146 Å². The summed E-state index contributed by atoms with van der Waals surface area (Å²) in [5.41, 5.74) is 1.60. The fraction of sp³-hybridized carbons (Fsp3) is 0.400. The van der Waals surface area contributed by atoms with Crippen molar-refractivity contribution in [2.45, 2.75) is 39.4 Å². The van der Waals surface area contributed by atoms with E-state index in [1.54, 1.807) is 24.4 Å². The lowest BCUT2D eigenvalue weighted by Gasteiger charge is -2.13. The quantitative estimate of drug-likeness (QED) is 0.764. The summed E-state index contributed by atoms with van der Waals surface area (Å²) >= 11 is 0. The van der Waals surface area contributed by atoms with Crippen molar-refractivity contribution in [3.8, 4) is 0 Å². The number of fused-ring (bicyclic) bond motifs is 1. The second-order valence-electron chi connectivity index (χ2n) is 5.90. The van der Waals surface area contributed by atoms with Crippen molar-refractivity contribution in [2.24, 2.45) is 0 Å². The number of alkyl halides is 3. The maximum Gasteiger partial charge on any atom is 0.408 e. The summed E-state index contributed by atoms with van der Waals surface area (Å²) in [4.78, 5) is 16.5. The number of carbonyl (C=O) groups excluding carboxylic acids is 1. The molecule has 1 unspecified atom stereocenters. The van der Waals surface area contributed by atoms with E-state index in [2.05, 4.69) is 25.6 Å². The van der Waals surface area contributed by atoms with Gasteiger partial charge in [-0.05, 0) is 20.8 Å². The normalized spacial score (nSPS) is 13.2. The highest BCUT2D eigenvalue weighted by molar-refractivity contribution is 5.94. The molecule has 0 aliphatic rings. The molecule has 3 aromatic heterocycles. The lowest BCUT2D eigenvalue weighted by molar-refractivity contribution is -0.143. The van der Waals surface area contributed by atoms with E-state index in [1.807, 2.05) is 0 Å². The van der Waals surface area contributed by atoms with Crippen molar-refractivity contribution in [3.05, 3.63) is 35.5 Å². The Bertz CT molecular complexity index is 960. The first-order chi connectivity index (χ1) is 12.2. The zero-order chi connectivity index (χ0) is 19.1. The molecule has 1 N–H and O–H groups in total. The van der Waals surface area contributed by atoms with Crippen LogP contribution in [0.5, 0.6) is 0 Å². The van der Waals surface area contributed by atoms with Gasteiger partial charge in [-0.25, -0.2) is 0 Å². The topological polar surface area (TPSA) is 90.0 Å². The second-order valence-corrected chi connectivity index (χ2v) is 5.90. The number of aryl methyl sites for hydroxylation is 1. The molecule has 138 valence electrons. The first kappa shape index (κ1) is 17.8. The van der Waals surface area contributed by atoms with Gasteiger partial charge in [0.05, 0.1) is 17.8 Å². The van der Waals surface area contributed by atoms with Crippen molar-refractivity contribution in [2.75, 3.05) is 5.32 Å². The molecule has 3 aromatic rings. The van der Waals surface area contributed by atoms with Gasteiger partial charge in [0.25, 0.3) is 0 Å². The van der Waals surface area contributed by atoms with Crippen LogP contribution in [-0.4, -0.2) is 41.4 Å². The molecule has 0 bridgehead atoms. The number of halogens is 3. The number of hydrogen-bond donors (Lipinski definition) is 1. The van der Waals surface area contributed by atoms with Crippen LogP contribution in [0.4, 0.5) is 19.1 Å². The van der Waals surface area contributed by atoms with Gasteiger partial charge in [-0.3, -0.25) is 24.2 Å². The Morgan fingerprint density at radius 3 is 2.73 bits per heavy atom. The summed E-state index contributed by atoms with van der Waals surface area (Å²) in [5.74, 6) is -0.933. The van der Waals surface area contributed by atoms with E-state index < -0.39 is 24.5 Å². The predicted octanol–water partition coefficient (Wildman–Crippen LogP) is 2.24. The van der Waals surface area contributed by atoms with Gasteiger partial charge in [0.15, 0.2) is 5.65 Å². The first-order valence-corrected chi connectivity index (χ1v) is 7.73. The average Bonchev–Trinajstić information content (AvgIpc) is 3.07. The van der Waals surface area contributed by atoms with Crippen LogP contribution < -0.4 is 5.32 Å². The van der Waals surface area contributed by atoms with Gasteiger partial charge in [0.1, 0.15) is 6.54 Å². The van der Waals surface area contributed by atoms with Crippen LogP contribution >= 0.6 is 0 Å². The van der Waals surface area contributed by atoms with E-state index in [0.717, 1.165) is 4.68 Å². The Balaban J connectivity index is 1.85. The van der Waals surface area contributed by atoms with Gasteiger partial charge >= 0.3 is 6.18 Å². The van der Waals surface area contributed by atoms with Gasteiger partial charge < -0.3 is 0 Å². The molecule has 0 aliphatic carbocycles. The summed E-state index contributed by atoms with van der Waals surface area (Å²) in [7, 11) is 0. The molecule has 0 aromatic carbocycles. The van der Waals surface area contributed by atoms with Gasteiger partial charge in [-0.15, -0.1) is 10.2 Å². The molecule has 0 saturated heterocycles. The summed E-state index contributed by atoms with van der Waals surface area (Å²) in [6.45, 7) is 3.50. The van der Waals surface area contributed by atoms with Crippen molar-refractivity contribution in [1.82, 2.24) is 29.4 Å². The Kier molecular flexibility index (Phi) is 4.38. The lowest BCUT2D eigenvalue weighted by Crippen LogP contribution is -2.22.